The Kier molecular flexibility index (Phi) is 3.53. The zero-order valence-electron chi connectivity index (χ0n) is 8.80. The Morgan fingerprint density at radius 3 is 2.58 bits per heavy atom. The van der Waals surface area contributed by atoms with Gasteiger partial charge in [0.05, 0.1) is 0 Å². The monoisotopic (exact) mass is 170 g/mol. The number of rotatable bonds is 1. The Morgan fingerprint density at radius 1 is 1.33 bits per heavy atom. The van der Waals surface area contributed by atoms with E-state index in [4.69, 9.17) is 0 Å². The quantitative estimate of drug-likeness (QED) is 0.641. The molecule has 0 bridgehead atoms. The highest BCUT2D eigenvalue weighted by atomic mass is 15.2. The van der Waals surface area contributed by atoms with Crippen LogP contribution in [0.3, 0.4) is 0 Å². The summed E-state index contributed by atoms with van der Waals surface area (Å²) < 4.78 is 0. The van der Waals surface area contributed by atoms with Gasteiger partial charge in [-0.25, -0.2) is 0 Å². The Labute approximate surface area is 76.3 Å². The first-order valence-corrected chi connectivity index (χ1v) is 5.12. The van der Waals surface area contributed by atoms with Crippen molar-refractivity contribution in [2.75, 3.05) is 13.1 Å². The first-order valence-electron chi connectivity index (χ1n) is 5.12. The molecule has 0 aromatic carbocycles. The van der Waals surface area contributed by atoms with Crippen molar-refractivity contribution < 1.29 is 0 Å². The molecule has 72 valence electrons. The molecule has 1 unspecified atom stereocenters. The second kappa shape index (κ2) is 4.24. The number of hydrogen-bond acceptors (Lipinski definition) is 2. The van der Waals surface area contributed by atoms with Crippen LogP contribution in [0, 0.1) is 0 Å². The highest BCUT2D eigenvalue weighted by Gasteiger charge is 2.23. The summed E-state index contributed by atoms with van der Waals surface area (Å²) in [7, 11) is 0. The first-order chi connectivity index (χ1) is 5.63. The molecule has 1 rings (SSSR count). The molecule has 1 fully saturated rings. The van der Waals surface area contributed by atoms with Gasteiger partial charge in [-0.05, 0) is 47.2 Å². The molecule has 1 heterocycles. The predicted molar refractivity (Wildman–Crippen MR) is 53.4 cm³/mol. The van der Waals surface area contributed by atoms with E-state index in [9.17, 15) is 0 Å². The molecule has 0 aliphatic carbocycles. The minimum atomic E-state index is 0.634. The van der Waals surface area contributed by atoms with E-state index >= 15 is 0 Å². The highest BCUT2D eigenvalue weighted by molar-refractivity contribution is 4.82. The van der Waals surface area contributed by atoms with Crippen molar-refractivity contribution in [2.45, 2.75) is 52.2 Å². The summed E-state index contributed by atoms with van der Waals surface area (Å²) in [6.07, 6.45) is 1.28. The summed E-state index contributed by atoms with van der Waals surface area (Å²) in [5.74, 6) is 0. The summed E-state index contributed by atoms with van der Waals surface area (Å²) >= 11 is 0. The minimum absolute atomic E-state index is 0.634. The topological polar surface area (TPSA) is 15.3 Å². The van der Waals surface area contributed by atoms with Crippen molar-refractivity contribution in [2.24, 2.45) is 0 Å². The predicted octanol–water partition coefficient (Wildman–Crippen LogP) is 1.47. The van der Waals surface area contributed by atoms with Crippen LogP contribution in [0.25, 0.3) is 0 Å². The number of nitrogens with one attached hydrogen (secondary N) is 1. The fraction of sp³-hybridized carbons (Fsp3) is 1.00. The van der Waals surface area contributed by atoms with Crippen LogP contribution in [0.5, 0.6) is 0 Å². The lowest BCUT2D eigenvalue weighted by Crippen LogP contribution is -2.46. The lowest BCUT2D eigenvalue weighted by atomic mass is 10.1. The SMILES string of the molecule is CC1NCCCN(C(C)C)[C@H]1C. The van der Waals surface area contributed by atoms with Crippen molar-refractivity contribution in [3.63, 3.8) is 0 Å². The molecule has 1 saturated heterocycles. The average molecular weight is 170 g/mol. The molecule has 1 N–H and O–H groups in total. The Balaban J connectivity index is 2.58. The zero-order chi connectivity index (χ0) is 9.14. The third-order valence-electron chi connectivity index (χ3n) is 2.97. The maximum Gasteiger partial charge on any atom is 0.0221 e. The maximum absolute atomic E-state index is 3.54. The van der Waals surface area contributed by atoms with Gasteiger partial charge in [0, 0.05) is 18.1 Å². The summed E-state index contributed by atoms with van der Waals surface area (Å²) in [4.78, 5) is 2.59. The fourth-order valence-corrected chi connectivity index (χ4v) is 1.98. The molecule has 0 aromatic heterocycles. The maximum atomic E-state index is 3.54. The van der Waals surface area contributed by atoms with Crippen LogP contribution < -0.4 is 5.32 Å². The largest absolute Gasteiger partial charge is 0.313 e. The summed E-state index contributed by atoms with van der Waals surface area (Å²) in [6.45, 7) is 11.6. The molecule has 1 aliphatic rings. The fourth-order valence-electron chi connectivity index (χ4n) is 1.98. The molecule has 2 nitrogen and oxygen atoms in total. The van der Waals surface area contributed by atoms with E-state index in [0.717, 1.165) is 0 Å². The molecular weight excluding hydrogens is 148 g/mol. The van der Waals surface area contributed by atoms with Gasteiger partial charge in [-0.2, -0.15) is 0 Å². The van der Waals surface area contributed by atoms with Crippen molar-refractivity contribution >= 4 is 0 Å². The number of hydrogen-bond donors (Lipinski definition) is 1. The van der Waals surface area contributed by atoms with Crippen LogP contribution in [0.15, 0.2) is 0 Å². The van der Waals surface area contributed by atoms with Gasteiger partial charge in [0.25, 0.3) is 0 Å². The van der Waals surface area contributed by atoms with E-state index in [1.54, 1.807) is 0 Å². The van der Waals surface area contributed by atoms with Crippen molar-refractivity contribution in [3.8, 4) is 0 Å². The van der Waals surface area contributed by atoms with Crippen molar-refractivity contribution in [3.05, 3.63) is 0 Å². The second-order valence-electron chi connectivity index (χ2n) is 4.17. The van der Waals surface area contributed by atoms with Gasteiger partial charge in [-0.1, -0.05) is 0 Å². The van der Waals surface area contributed by atoms with Crippen LogP contribution in [0.1, 0.15) is 34.1 Å². The lowest BCUT2D eigenvalue weighted by Gasteiger charge is -2.33. The molecule has 0 amide bonds. The second-order valence-corrected chi connectivity index (χ2v) is 4.17. The van der Waals surface area contributed by atoms with Gasteiger partial charge >= 0.3 is 0 Å². The summed E-state index contributed by atoms with van der Waals surface area (Å²) in [5, 5.41) is 3.54. The first kappa shape index (κ1) is 10.0. The minimum Gasteiger partial charge on any atom is -0.313 e. The molecule has 0 spiro atoms. The van der Waals surface area contributed by atoms with Gasteiger partial charge in [0.2, 0.25) is 0 Å². The van der Waals surface area contributed by atoms with E-state index in [2.05, 4.69) is 37.9 Å². The smallest absolute Gasteiger partial charge is 0.0221 e. The van der Waals surface area contributed by atoms with Crippen LogP contribution in [0.2, 0.25) is 0 Å². The van der Waals surface area contributed by atoms with Gasteiger partial charge < -0.3 is 5.32 Å². The molecule has 0 saturated carbocycles. The van der Waals surface area contributed by atoms with Crippen molar-refractivity contribution in [1.29, 1.82) is 0 Å². The third-order valence-corrected chi connectivity index (χ3v) is 2.97. The van der Waals surface area contributed by atoms with Crippen LogP contribution in [-0.4, -0.2) is 36.1 Å². The summed E-state index contributed by atoms with van der Waals surface area (Å²) in [5.41, 5.74) is 0. The normalized spacial score (nSPS) is 33.8. The lowest BCUT2D eigenvalue weighted by molar-refractivity contribution is 0.155. The zero-order valence-corrected chi connectivity index (χ0v) is 8.80. The van der Waals surface area contributed by atoms with Gasteiger partial charge in [-0.3, -0.25) is 4.90 Å². The van der Waals surface area contributed by atoms with Crippen molar-refractivity contribution in [1.82, 2.24) is 10.2 Å². The van der Waals surface area contributed by atoms with Crippen LogP contribution in [-0.2, 0) is 0 Å². The van der Waals surface area contributed by atoms with Gasteiger partial charge in [0.1, 0.15) is 0 Å². The molecule has 12 heavy (non-hydrogen) atoms. The molecular formula is C10H22N2. The molecule has 2 heteroatoms. The van der Waals surface area contributed by atoms with Gasteiger partial charge in [0.15, 0.2) is 0 Å². The molecule has 1 aliphatic heterocycles. The van der Waals surface area contributed by atoms with Crippen LogP contribution in [0.4, 0.5) is 0 Å². The Hall–Kier alpha value is -0.0800. The summed E-state index contributed by atoms with van der Waals surface area (Å²) in [6, 6.07) is 1.99. The van der Waals surface area contributed by atoms with E-state index in [1.165, 1.54) is 19.5 Å². The van der Waals surface area contributed by atoms with E-state index < -0.39 is 0 Å². The van der Waals surface area contributed by atoms with E-state index in [0.29, 0.717) is 18.1 Å². The van der Waals surface area contributed by atoms with E-state index in [1.807, 2.05) is 0 Å². The standard InChI is InChI=1S/C10H22N2/c1-8(2)12-7-5-6-11-9(3)10(12)4/h8-11H,5-7H2,1-4H3/t9?,10-/m0/s1. The number of nitrogens with zero attached hydrogens (tertiary/aromatic N) is 1. The Bertz CT molecular complexity index is 134. The Morgan fingerprint density at radius 2 is 2.00 bits per heavy atom. The van der Waals surface area contributed by atoms with E-state index in [-0.39, 0.29) is 0 Å². The third kappa shape index (κ3) is 2.20. The average Bonchev–Trinajstić information content (AvgIpc) is 2.15. The molecule has 0 radical (unpaired) electrons. The van der Waals surface area contributed by atoms with Crippen LogP contribution >= 0.6 is 0 Å². The highest BCUT2D eigenvalue weighted by Crippen LogP contribution is 2.12. The molecule has 0 aromatic rings. The van der Waals surface area contributed by atoms with Gasteiger partial charge in [-0.15, -0.1) is 0 Å². The molecule has 2 atom stereocenters.